The summed E-state index contributed by atoms with van der Waals surface area (Å²) in [7, 11) is 0. The summed E-state index contributed by atoms with van der Waals surface area (Å²) in [6, 6.07) is 52.8. The first-order chi connectivity index (χ1) is 21.6. The Morgan fingerprint density at radius 1 is 0.364 bits per heavy atom. The second kappa shape index (κ2) is 10.6. The molecule has 0 atom stereocenters. The molecule has 0 aromatic heterocycles. The molecule has 0 amide bonds. The van der Waals surface area contributed by atoms with Gasteiger partial charge in [-0.2, -0.15) is 0 Å². The third kappa shape index (κ3) is 4.43. The van der Waals surface area contributed by atoms with Gasteiger partial charge in [-0.1, -0.05) is 156 Å². The van der Waals surface area contributed by atoms with E-state index in [0.717, 1.165) is 11.1 Å². The molecule has 0 heteroatoms. The number of benzene rings is 8. The van der Waals surface area contributed by atoms with Crippen molar-refractivity contribution in [2.24, 2.45) is 0 Å². The lowest BCUT2D eigenvalue weighted by atomic mass is 9.89. The lowest BCUT2D eigenvalue weighted by molar-refractivity contribution is 1.47. The second-order valence-electron chi connectivity index (χ2n) is 11.7. The predicted molar refractivity (Wildman–Crippen MR) is 189 cm³/mol. The highest BCUT2D eigenvalue weighted by Crippen LogP contribution is 2.38. The highest BCUT2D eigenvalue weighted by molar-refractivity contribution is 6.13. The van der Waals surface area contributed by atoms with E-state index in [4.69, 9.17) is 0 Å². The van der Waals surface area contributed by atoms with E-state index in [0.29, 0.717) is 0 Å². The van der Waals surface area contributed by atoms with Crippen molar-refractivity contribution in [2.45, 2.75) is 13.8 Å². The molecule has 0 radical (unpaired) electrons. The van der Waals surface area contributed by atoms with Crippen LogP contribution in [0.1, 0.15) is 22.3 Å². The van der Waals surface area contributed by atoms with E-state index in [9.17, 15) is 0 Å². The zero-order valence-corrected chi connectivity index (χ0v) is 24.9. The molecule has 0 bridgehead atoms. The molecule has 0 aliphatic heterocycles. The summed E-state index contributed by atoms with van der Waals surface area (Å²) in [4.78, 5) is 0. The van der Waals surface area contributed by atoms with Crippen LogP contribution >= 0.6 is 0 Å². The van der Waals surface area contributed by atoms with Crippen molar-refractivity contribution in [1.82, 2.24) is 0 Å². The third-order valence-electron chi connectivity index (χ3n) is 8.81. The Bertz CT molecular complexity index is 2260. The summed E-state index contributed by atoms with van der Waals surface area (Å²) in [5.41, 5.74) is 9.49. The molecule has 8 aromatic carbocycles. The van der Waals surface area contributed by atoms with Crippen molar-refractivity contribution in [1.29, 1.82) is 0 Å². The van der Waals surface area contributed by atoms with Gasteiger partial charge in [-0.25, -0.2) is 0 Å². The fraction of sp³-hybridized carbons (Fsp3) is 0.0455. The first-order valence-corrected chi connectivity index (χ1v) is 15.2. The van der Waals surface area contributed by atoms with Gasteiger partial charge in [0.1, 0.15) is 0 Å². The fourth-order valence-corrected chi connectivity index (χ4v) is 6.58. The van der Waals surface area contributed by atoms with Crippen LogP contribution in [0.25, 0.3) is 65.3 Å². The molecule has 0 aliphatic carbocycles. The van der Waals surface area contributed by atoms with Crippen LogP contribution in [0.5, 0.6) is 0 Å². The normalized spacial score (nSPS) is 11.2. The molecular formula is C44H30. The molecule has 0 unspecified atom stereocenters. The lowest BCUT2D eigenvalue weighted by Gasteiger charge is -2.14. The molecule has 0 saturated carbocycles. The van der Waals surface area contributed by atoms with Crippen LogP contribution in [0, 0.1) is 25.7 Å². The maximum atomic E-state index is 3.79. The van der Waals surface area contributed by atoms with Crippen molar-refractivity contribution in [3.05, 3.63) is 168 Å². The quantitative estimate of drug-likeness (QED) is 0.146. The summed E-state index contributed by atoms with van der Waals surface area (Å²) in [5.74, 6) is 7.58. The van der Waals surface area contributed by atoms with Crippen molar-refractivity contribution >= 4 is 43.1 Å². The Balaban J connectivity index is 1.48. The first kappa shape index (κ1) is 26.0. The molecule has 8 rings (SSSR count). The average Bonchev–Trinajstić information content (AvgIpc) is 3.06. The molecule has 206 valence electrons. The molecule has 0 nitrogen and oxygen atoms in total. The Labute approximate surface area is 258 Å². The molecule has 0 saturated heterocycles. The summed E-state index contributed by atoms with van der Waals surface area (Å²) in [6.07, 6.45) is 0. The molecular weight excluding hydrogens is 528 g/mol. The van der Waals surface area contributed by atoms with Crippen LogP contribution in [-0.4, -0.2) is 0 Å². The van der Waals surface area contributed by atoms with Gasteiger partial charge in [0, 0.05) is 21.9 Å². The number of fused-ring (bicyclic) bond motifs is 4. The van der Waals surface area contributed by atoms with E-state index in [1.807, 2.05) is 0 Å². The molecule has 0 aliphatic rings. The minimum absolute atomic E-state index is 1.07. The molecule has 0 spiro atoms. The summed E-state index contributed by atoms with van der Waals surface area (Å²) >= 11 is 0. The molecule has 44 heavy (non-hydrogen) atoms. The van der Waals surface area contributed by atoms with E-state index in [2.05, 4.69) is 171 Å². The minimum Gasteiger partial charge on any atom is -0.0616 e. The number of hydrogen-bond donors (Lipinski definition) is 0. The fourth-order valence-electron chi connectivity index (χ4n) is 6.58. The number of hydrogen-bond acceptors (Lipinski definition) is 0. The first-order valence-electron chi connectivity index (χ1n) is 15.2. The Kier molecular flexibility index (Phi) is 6.25. The Hall–Kier alpha value is -5.64. The standard InChI is InChI=1S/C44H30/c1-29-17-21-31(22-18-29)39-15-7-11-35-27-33-9-3-5-13-37(33)41(43(35)39)25-26-42-38-14-6-4-10-34(38)28-36-12-8-16-40(44(36)42)32-23-19-30(2)20-24-32/h3-24,27-28H,1-2H3. The van der Waals surface area contributed by atoms with Crippen LogP contribution in [-0.2, 0) is 0 Å². The Morgan fingerprint density at radius 3 is 1.18 bits per heavy atom. The smallest absolute Gasteiger partial charge is 0.0412 e. The van der Waals surface area contributed by atoms with E-state index in [1.165, 1.54) is 76.5 Å². The number of aryl methyl sites for hydroxylation is 2. The van der Waals surface area contributed by atoms with E-state index >= 15 is 0 Å². The van der Waals surface area contributed by atoms with Gasteiger partial charge in [0.2, 0.25) is 0 Å². The SMILES string of the molecule is Cc1ccc(-c2cccc3cc4ccccc4c(C#Cc4c5ccccc5cc5cccc(-c6ccc(C)cc6)c45)c23)cc1. The highest BCUT2D eigenvalue weighted by atomic mass is 14.2. The topological polar surface area (TPSA) is 0 Å². The van der Waals surface area contributed by atoms with Gasteiger partial charge < -0.3 is 0 Å². The molecule has 0 heterocycles. The van der Waals surface area contributed by atoms with Gasteiger partial charge in [0.25, 0.3) is 0 Å². The highest BCUT2D eigenvalue weighted by Gasteiger charge is 2.14. The van der Waals surface area contributed by atoms with Crippen molar-refractivity contribution in [3.63, 3.8) is 0 Å². The van der Waals surface area contributed by atoms with Crippen molar-refractivity contribution in [3.8, 4) is 34.1 Å². The predicted octanol–water partition coefficient (Wildman–Crippen LogP) is 11.7. The van der Waals surface area contributed by atoms with Crippen molar-refractivity contribution < 1.29 is 0 Å². The van der Waals surface area contributed by atoms with E-state index in [-0.39, 0.29) is 0 Å². The van der Waals surface area contributed by atoms with Gasteiger partial charge in [0.05, 0.1) is 0 Å². The lowest BCUT2D eigenvalue weighted by Crippen LogP contribution is -1.91. The molecule has 8 aromatic rings. The summed E-state index contributed by atoms with van der Waals surface area (Å²) in [6.45, 7) is 4.27. The summed E-state index contributed by atoms with van der Waals surface area (Å²) < 4.78 is 0. The monoisotopic (exact) mass is 558 g/mol. The van der Waals surface area contributed by atoms with Gasteiger partial charge in [-0.05, 0) is 80.6 Å². The maximum absolute atomic E-state index is 3.79. The minimum atomic E-state index is 1.07. The van der Waals surface area contributed by atoms with Gasteiger partial charge >= 0.3 is 0 Å². The van der Waals surface area contributed by atoms with Gasteiger partial charge in [0.15, 0.2) is 0 Å². The zero-order chi connectivity index (χ0) is 29.6. The molecule has 0 N–H and O–H groups in total. The van der Waals surface area contributed by atoms with Crippen LogP contribution in [0.15, 0.2) is 146 Å². The summed E-state index contributed by atoms with van der Waals surface area (Å²) in [5, 5.41) is 9.56. The van der Waals surface area contributed by atoms with Crippen LogP contribution in [0.3, 0.4) is 0 Å². The van der Waals surface area contributed by atoms with Crippen LogP contribution in [0.4, 0.5) is 0 Å². The Morgan fingerprint density at radius 2 is 0.750 bits per heavy atom. The van der Waals surface area contributed by atoms with Crippen LogP contribution in [0.2, 0.25) is 0 Å². The average molecular weight is 559 g/mol. The van der Waals surface area contributed by atoms with Gasteiger partial charge in [-0.3, -0.25) is 0 Å². The maximum Gasteiger partial charge on any atom is 0.0412 e. The largest absolute Gasteiger partial charge is 0.0616 e. The number of rotatable bonds is 2. The van der Waals surface area contributed by atoms with E-state index < -0.39 is 0 Å². The van der Waals surface area contributed by atoms with Crippen molar-refractivity contribution in [2.75, 3.05) is 0 Å². The zero-order valence-electron chi connectivity index (χ0n) is 24.9. The van der Waals surface area contributed by atoms with E-state index in [1.54, 1.807) is 0 Å². The van der Waals surface area contributed by atoms with Crippen LogP contribution < -0.4 is 0 Å². The molecule has 0 fully saturated rings. The van der Waals surface area contributed by atoms with Gasteiger partial charge in [-0.15, -0.1) is 0 Å². The third-order valence-corrected chi connectivity index (χ3v) is 8.81. The second-order valence-corrected chi connectivity index (χ2v) is 11.7.